The van der Waals surface area contributed by atoms with E-state index in [2.05, 4.69) is 10.0 Å². The lowest BCUT2D eigenvalue weighted by Crippen LogP contribution is -2.25. The molecule has 0 atom stereocenters. The lowest BCUT2D eigenvalue weighted by atomic mass is 10.0. The van der Waals surface area contributed by atoms with Gasteiger partial charge in [0, 0.05) is 17.0 Å². The number of ketones is 2. The Labute approximate surface area is 124 Å². The van der Waals surface area contributed by atoms with Crippen molar-refractivity contribution in [2.24, 2.45) is 5.11 Å². The maximum atomic E-state index is 12.1. The Morgan fingerprint density at radius 2 is 1.86 bits per heavy atom. The van der Waals surface area contributed by atoms with Crippen LogP contribution in [0.25, 0.3) is 16.5 Å². The van der Waals surface area contributed by atoms with E-state index in [9.17, 15) is 22.8 Å². The molecule has 0 aliphatic heterocycles. The van der Waals surface area contributed by atoms with Gasteiger partial charge in [0.15, 0.2) is 5.78 Å². The second-order valence-electron chi connectivity index (χ2n) is 4.29. The summed E-state index contributed by atoms with van der Waals surface area (Å²) in [7, 11) is 0. The van der Waals surface area contributed by atoms with E-state index < -0.39 is 24.2 Å². The number of hydrogen-bond donors (Lipinski definition) is 0. The molecule has 0 bridgehead atoms. The van der Waals surface area contributed by atoms with Gasteiger partial charge >= 0.3 is 6.18 Å². The quantitative estimate of drug-likeness (QED) is 0.190. The topological polar surface area (TPSA) is 82.9 Å². The minimum atomic E-state index is -5.00. The number of halogens is 3. The maximum Gasteiger partial charge on any atom is 0.450 e. The Morgan fingerprint density at radius 3 is 2.41 bits per heavy atom. The molecular weight excluding hydrogens is 299 g/mol. The van der Waals surface area contributed by atoms with Gasteiger partial charge in [-0.15, -0.1) is 0 Å². The van der Waals surface area contributed by atoms with Crippen LogP contribution < -0.4 is 0 Å². The normalized spacial score (nSPS) is 11.2. The predicted molar refractivity (Wildman–Crippen MR) is 74.1 cm³/mol. The van der Waals surface area contributed by atoms with Crippen molar-refractivity contribution in [1.82, 2.24) is 0 Å². The maximum absolute atomic E-state index is 12.1. The largest absolute Gasteiger partial charge is 0.450 e. The first-order chi connectivity index (χ1) is 10.3. The summed E-state index contributed by atoms with van der Waals surface area (Å²) in [5.74, 6) is -2.93. The average Bonchev–Trinajstić information content (AvgIpc) is 2.46. The van der Waals surface area contributed by atoms with Crippen LogP contribution in [0.15, 0.2) is 35.5 Å². The zero-order valence-corrected chi connectivity index (χ0v) is 11.4. The number of Topliss-reactive ketones (excluding diaryl/α,β-unsaturated/α-hetero) is 2. The van der Waals surface area contributed by atoms with Crippen molar-refractivity contribution in [2.45, 2.75) is 19.0 Å². The monoisotopic (exact) mass is 311 g/mol. The zero-order chi connectivity index (χ0) is 16.6. The molecule has 116 valence electrons. The van der Waals surface area contributed by atoms with E-state index >= 15 is 0 Å². The number of nitrogens with zero attached hydrogens (tertiary/aromatic N) is 3. The summed E-state index contributed by atoms with van der Waals surface area (Å²) >= 11 is 0. The highest BCUT2D eigenvalue weighted by molar-refractivity contribution is 6.09. The molecule has 0 aliphatic carbocycles. The molecule has 8 heteroatoms. The molecule has 0 fully saturated rings. The molecule has 0 saturated heterocycles. The Kier molecular flexibility index (Phi) is 6.34. The summed E-state index contributed by atoms with van der Waals surface area (Å²) in [6, 6.07) is 5.82. The Morgan fingerprint density at radius 1 is 1.23 bits per heavy atom. The fourth-order valence-corrected chi connectivity index (χ4v) is 1.52. The second kappa shape index (κ2) is 7.99. The van der Waals surface area contributed by atoms with Crippen molar-refractivity contribution >= 4 is 17.6 Å². The molecule has 0 radical (unpaired) electrons. The summed E-state index contributed by atoms with van der Waals surface area (Å²) in [4.78, 5) is 24.9. The molecular formula is C14H12F3N3O2. The number of carbonyl (C=O) groups excluding carboxylic acids is 2. The van der Waals surface area contributed by atoms with Gasteiger partial charge in [0.05, 0.1) is 6.42 Å². The van der Waals surface area contributed by atoms with Crippen LogP contribution in [0, 0.1) is 0 Å². The van der Waals surface area contributed by atoms with E-state index in [0.29, 0.717) is 13.0 Å². The predicted octanol–water partition coefficient (Wildman–Crippen LogP) is 4.10. The van der Waals surface area contributed by atoms with E-state index in [1.165, 1.54) is 12.1 Å². The molecule has 0 spiro atoms. The van der Waals surface area contributed by atoms with Crippen molar-refractivity contribution in [3.05, 3.63) is 51.9 Å². The van der Waals surface area contributed by atoms with Gasteiger partial charge < -0.3 is 0 Å². The SMILES string of the molecule is [N-]=[N+]=NCCC=Cc1ccc(C(=O)CC(=O)C(F)(F)F)cc1. The highest BCUT2D eigenvalue weighted by atomic mass is 19.4. The fourth-order valence-electron chi connectivity index (χ4n) is 1.52. The number of benzene rings is 1. The van der Waals surface area contributed by atoms with Gasteiger partial charge in [0.2, 0.25) is 5.78 Å². The molecule has 1 aromatic rings. The average molecular weight is 311 g/mol. The molecule has 0 amide bonds. The van der Waals surface area contributed by atoms with Crippen LogP contribution in [0.2, 0.25) is 0 Å². The van der Waals surface area contributed by atoms with Gasteiger partial charge in [-0.1, -0.05) is 41.5 Å². The first kappa shape index (κ1) is 17.5. The zero-order valence-electron chi connectivity index (χ0n) is 11.4. The van der Waals surface area contributed by atoms with Crippen molar-refractivity contribution in [2.75, 3.05) is 6.54 Å². The minimum Gasteiger partial charge on any atom is -0.294 e. The molecule has 1 rings (SSSR count). The van der Waals surface area contributed by atoms with E-state index in [1.807, 2.05) is 0 Å². The molecule has 22 heavy (non-hydrogen) atoms. The van der Waals surface area contributed by atoms with E-state index in [0.717, 1.165) is 5.56 Å². The van der Waals surface area contributed by atoms with Crippen molar-refractivity contribution in [1.29, 1.82) is 0 Å². The van der Waals surface area contributed by atoms with Gasteiger partial charge in [0.1, 0.15) is 0 Å². The molecule has 0 N–H and O–H groups in total. The Bertz CT molecular complexity index is 615. The van der Waals surface area contributed by atoms with Gasteiger partial charge in [-0.05, 0) is 17.5 Å². The van der Waals surface area contributed by atoms with Gasteiger partial charge in [-0.3, -0.25) is 9.59 Å². The summed E-state index contributed by atoms with van der Waals surface area (Å²) in [6.07, 6.45) is -2.15. The number of azide groups is 1. The van der Waals surface area contributed by atoms with E-state index in [1.54, 1.807) is 24.3 Å². The van der Waals surface area contributed by atoms with Crippen LogP contribution in [0.5, 0.6) is 0 Å². The molecule has 0 saturated carbocycles. The van der Waals surface area contributed by atoms with Crippen molar-refractivity contribution < 1.29 is 22.8 Å². The van der Waals surface area contributed by atoms with Crippen LogP contribution in [0.1, 0.15) is 28.8 Å². The third-order valence-corrected chi connectivity index (χ3v) is 2.64. The van der Waals surface area contributed by atoms with Crippen molar-refractivity contribution in [3.63, 3.8) is 0 Å². The molecule has 5 nitrogen and oxygen atoms in total. The molecule has 0 aliphatic rings. The molecule has 0 heterocycles. The Hall–Kier alpha value is -2.60. The summed E-state index contributed by atoms with van der Waals surface area (Å²) in [5, 5.41) is 3.35. The van der Waals surface area contributed by atoms with Crippen LogP contribution in [-0.4, -0.2) is 24.3 Å². The lowest BCUT2D eigenvalue weighted by Gasteiger charge is -2.04. The van der Waals surface area contributed by atoms with Crippen LogP contribution >= 0.6 is 0 Å². The van der Waals surface area contributed by atoms with Gasteiger partial charge in [-0.25, -0.2) is 0 Å². The highest BCUT2D eigenvalue weighted by Gasteiger charge is 2.39. The number of hydrogen-bond acceptors (Lipinski definition) is 3. The second-order valence-corrected chi connectivity index (χ2v) is 4.29. The van der Waals surface area contributed by atoms with Crippen LogP contribution in [0.3, 0.4) is 0 Å². The van der Waals surface area contributed by atoms with Crippen LogP contribution in [-0.2, 0) is 4.79 Å². The number of alkyl halides is 3. The van der Waals surface area contributed by atoms with Crippen LogP contribution in [0.4, 0.5) is 13.2 Å². The standard InChI is InChI=1S/C14H12F3N3O2/c15-14(16,17)13(22)9-12(21)11-6-4-10(5-7-11)3-1-2-8-19-20-18/h1,3-7H,2,8-9H2. The Balaban J connectivity index is 2.62. The first-order valence-corrected chi connectivity index (χ1v) is 6.25. The van der Waals surface area contributed by atoms with E-state index in [4.69, 9.17) is 5.53 Å². The third-order valence-electron chi connectivity index (χ3n) is 2.64. The van der Waals surface area contributed by atoms with E-state index in [-0.39, 0.29) is 5.56 Å². The van der Waals surface area contributed by atoms with Crippen molar-refractivity contribution in [3.8, 4) is 0 Å². The number of carbonyl (C=O) groups is 2. The highest BCUT2D eigenvalue weighted by Crippen LogP contribution is 2.19. The molecule has 1 aromatic carbocycles. The summed E-state index contributed by atoms with van der Waals surface area (Å²) < 4.78 is 36.2. The first-order valence-electron chi connectivity index (χ1n) is 6.25. The molecule has 0 unspecified atom stereocenters. The van der Waals surface area contributed by atoms with Gasteiger partial charge in [-0.2, -0.15) is 13.2 Å². The summed E-state index contributed by atoms with van der Waals surface area (Å²) in [5.41, 5.74) is 8.87. The molecule has 0 aromatic heterocycles. The third kappa shape index (κ3) is 5.80. The number of rotatable bonds is 7. The van der Waals surface area contributed by atoms with Gasteiger partial charge in [0.25, 0.3) is 0 Å². The lowest BCUT2D eigenvalue weighted by molar-refractivity contribution is -0.170. The fraction of sp³-hybridized carbons (Fsp3) is 0.286. The summed E-state index contributed by atoms with van der Waals surface area (Å²) in [6.45, 7) is 0.323. The smallest absolute Gasteiger partial charge is 0.294 e. The minimum absolute atomic E-state index is 0.0452.